The number of carboxylic acid groups (broad SMARTS) is 1. The second kappa shape index (κ2) is 8.37. The summed E-state index contributed by atoms with van der Waals surface area (Å²) in [7, 11) is 1.76. The van der Waals surface area contributed by atoms with E-state index in [0.717, 1.165) is 5.69 Å². The summed E-state index contributed by atoms with van der Waals surface area (Å²) in [6.07, 6.45) is 1.57. The third kappa shape index (κ3) is 4.65. The molecule has 3 rings (SSSR count). The van der Waals surface area contributed by atoms with Gasteiger partial charge < -0.3 is 19.8 Å². The van der Waals surface area contributed by atoms with Gasteiger partial charge in [0, 0.05) is 23.3 Å². The van der Waals surface area contributed by atoms with Crippen LogP contribution in [0.5, 0.6) is 11.5 Å². The number of aliphatic carboxylic acids is 1. The first kappa shape index (κ1) is 19.8. The molecule has 1 aliphatic heterocycles. The highest BCUT2D eigenvalue weighted by atomic mass is 35.5. The molecule has 1 aliphatic rings. The number of carboxylic acids is 1. The van der Waals surface area contributed by atoms with E-state index >= 15 is 0 Å². The van der Waals surface area contributed by atoms with Crippen LogP contribution in [-0.4, -0.2) is 40.9 Å². The fraction of sp³-hybridized carbons (Fsp3) is 0.105. The summed E-state index contributed by atoms with van der Waals surface area (Å²) in [5.74, 6) is -1.09. The first-order valence-corrected chi connectivity index (χ1v) is 9.22. The van der Waals surface area contributed by atoms with Crippen molar-refractivity contribution in [1.82, 2.24) is 0 Å². The molecule has 9 heteroatoms. The lowest BCUT2D eigenvalue weighted by atomic mass is 10.2. The van der Waals surface area contributed by atoms with Crippen LogP contribution in [0.25, 0.3) is 6.08 Å². The molecule has 0 fully saturated rings. The zero-order valence-electron chi connectivity index (χ0n) is 14.6. The number of rotatable bonds is 5. The SMILES string of the molecule is CN(C1=NC(=O)/C(=C/c2cc(Cl)ccc2OCC(=O)O)S1)c1ccc(O)cc1. The van der Waals surface area contributed by atoms with Gasteiger partial charge in [0.25, 0.3) is 5.91 Å². The van der Waals surface area contributed by atoms with Crippen molar-refractivity contribution in [3.63, 3.8) is 0 Å². The van der Waals surface area contributed by atoms with Gasteiger partial charge >= 0.3 is 5.97 Å². The summed E-state index contributed by atoms with van der Waals surface area (Å²) in [6, 6.07) is 11.2. The van der Waals surface area contributed by atoms with Crippen LogP contribution in [0.1, 0.15) is 5.56 Å². The standard InChI is InChI=1S/C19H15ClN2O5S/c1-22(13-3-5-14(23)6-4-13)19-21-18(26)16(28-19)9-11-8-12(20)2-7-15(11)27-10-17(24)25/h2-9,23H,10H2,1H3,(H,24,25)/b16-9-. The minimum atomic E-state index is -1.11. The van der Waals surface area contributed by atoms with Crippen molar-refractivity contribution in [3.05, 3.63) is 58.0 Å². The van der Waals surface area contributed by atoms with Crippen molar-refractivity contribution in [2.45, 2.75) is 0 Å². The maximum atomic E-state index is 12.3. The molecule has 2 aromatic rings. The molecular weight excluding hydrogens is 404 g/mol. The molecule has 0 aliphatic carbocycles. The monoisotopic (exact) mass is 418 g/mol. The van der Waals surface area contributed by atoms with Crippen molar-refractivity contribution in [2.75, 3.05) is 18.6 Å². The van der Waals surface area contributed by atoms with Gasteiger partial charge in [-0.05, 0) is 60.3 Å². The van der Waals surface area contributed by atoms with E-state index in [1.54, 1.807) is 60.5 Å². The molecule has 0 unspecified atom stereocenters. The molecule has 1 amide bonds. The highest BCUT2D eigenvalue weighted by molar-refractivity contribution is 8.18. The van der Waals surface area contributed by atoms with E-state index in [4.69, 9.17) is 21.4 Å². The maximum absolute atomic E-state index is 12.3. The molecule has 28 heavy (non-hydrogen) atoms. The van der Waals surface area contributed by atoms with Gasteiger partial charge in [-0.2, -0.15) is 4.99 Å². The number of ether oxygens (including phenoxy) is 1. The number of hydrogen-bond acceptors (Lipinski definition) is 6. The lowest BCUT2D eigenvalue weighted by Crippen LogP contribution is -2.21. The number of benzene rings is 2. The number of carbonyl (C=O) groups excluding carboxylic acids is 1. The number of phenolic OH excluding ortho intramolecular Hbond substituents is 1. The topological polar surface area (TPSA) is 99.4 Å². The predicted octanol–water partition coefficient (Wildman–Crippen LogP) is 3.62. The molecule has 1 heterocycles. The number of aromatic hydroxyl groups is 1. The molecule has 0 radical (unpaired) electrons. The summed E-state index contributed by atoms with van der Waals surface area (Å²) >= 11 is 7.19. The molecule has 0 bridgehead atoms. The molecule has 2 aromatic carbocycles. The molecule has 0 saturated carbocycles. The van der Waals surface area contributed by atoms with Crippen LogP contribution in [0.3, 0.4) is 0 Å². The number of amidine groups is 1. The van der Waals surface area contributed by atoms with E-state index in [2.05, 4.69) is 4.99 Å². The van der Waals surface area contributed by atoms with Gasteiger partial charge in [-0.1, -0.05) is 11.6 Å². The van der Waals surface area contributed by atoms with Crippen molar-refractivity contribution in [1.29, 1.82) is 0 Å². The Bertz CT molecular complexity index is 988. The summed E-state index contributed by atoms with van der Waals surface area (Å²) in [6.45, 7) is -0.510. The van der Waals surface area contributed by atoms with Gasteiger partial charge in [-0.3, -0.25) is 4.79 Å². The Balaban J connectivity index is 1.83. The minimum Gasteiger partial charge on any atom is -0.508 e. The van der Waals surface area contributed by atoms with E-state index in [1.165, 1.54) is 11.8 Å². The first-order chi connectivity index (χ1) is 13.3. The Morgan fingerprint density at radius 2 is 2.00 bits per heavy atom. The van der Waals surface area contributed by atoms with Crippen LogP contribution in [-0.2, 0) is 9.59 Å². The third-order valence-electron chi connectivity index (χ3n) is 3.74. The van der Waals surface area contributed by atoms with Crippen LogP contribution >= 0.6 is 23.4 Å². The number of thioether (sulfide) groups is 1. The molecular formula is C19H15ClN2O5S. The number of anilines is 1. The largest absolute Gasteiger partial charge is 0.508 e. The van der Waals surface area contributed by atoms with Crippen LogP contribution in [0, 0.1) is 0 Å². The number of nitrogens with zero attached hydrogens (tertiary/aromatic N) is 2. The first-order valence-electron chi connectivity index (χ1n) is 8.03. The average molecular weight is 419 g/mol. The van der Waals surface area contributed by atoms with Crippen LogP contribution < -0.4 is 9.64 Å². The highest BCUT2D eigenvalue weighted by Crippen LogP contribution is 2.34. The number of hydrogen-bond donors (Lipinski definition) is 2. The zero-order chi connectivity index (χ0) is 20.3. The van der Waals surface area contributed by atoms with E-state index < -0.39 is 18.5 Å². The average Bonchev–Trinajstić information content (AvgIpc) is 3.01. The second-order valence-corrected chi connectivity index (χ2v) is 7.20. The van der Waals surface area contributed by atoms with Gasteiger partial charge in [0.05, 0.1) is 4.91 Å². The molecule has 144 valence electrons. The fourth-order valence-electron chi connectivity index (χ4n) is 2.37. The molecule has 2 N–H and O–H groups in total. The Hall–Kier alpha value is -2.97. The normalized spacial score (nSPS) is 14.9. The van der Waals surface area contributed by atoms with Gasteiger partial charge in [0.2, 0.25) is 0 Å². The number of halogens is 1. The Morgan fingerprint density at radius 1 is 1.29 bits per heavy atom. The smallest absolute Gasteiger partial charge is 0.341 e. The van der Waals surface area contributed by atoms with Crippen LogP contribution in [0.15, 0.2) is 52.4 Å². The quantitative estimate of drug-likeness (QED) is 0.715. The van der Waals surface area contributed by atoms with E-state index in [-0.39, 0.29) is 5.75 Å². The lowest BCUT2D eigenvalue weighted by molar-refractivity contribution is -0.139. The van der Waals surface area contributed by atoms with Crippen molar-refractivity contribution in [3.8, 4) is 11.5 Å². The molecule has 0 spiro atoms. The number of carbonyl (C=O) groups is 2. The summed E-state index contributed by atoms with van der Waals surface area (Å²) < 4.78 is 5.26. The van der Waals surface area contributed by atoms with E-state index in [1.807, 2.05) is 0 Å². The Morgan fingerprint density at radius 3 is 2.68 bits per heavy atom. The van der Waals surface area contributed by atoms with Crippen molar-refractivity contribution in [2.24, 2.45) is 4.99 Å². The van der Waals surface area contributed by atoms with E-state index in [0.29, 0.717) is 26.4 Å². The summed E-state index contributed by atoms with van der Waals surface area (Å²) in [4.78, 5) is 29.2. The van der Waals surface area contributed by atoms with Gasteiger partial charge in [-0.15, -0.1) is 0 Å². The number of phenols is 1. The zero-order valence-corrected chi connectivity index (χ0v) is 16.2. The van der Waals surface area contributed by atoms with E-state index in [9.17, 15) is 14.7 Å². The Kier molecular flexibility index (Phi) is 5.91. The fourth-order valence-corrected chi connectivity index (χ4v) is 3.44. The van der Waals surface area contributed by atoms with Crippen LogP contribution in [0.4, 0.5) is 5.69 Å². The van der Waals surface area contributed by atoms with Gasteiger partial charge in [0.1, 0.15) is 11.5 Å². The van der Waals surface area contributed by atoms with Crippen molar-refractivity contribution >= 4 is 52.2 Å². The van der Waals surface area contributed by atoms with Gasteiger partial charge in [-0.25, -0.2) is 4.79 Å². The lowest BCUT2D eigenvalue weighted by Gasteiger charge is -2.17. The predicted molar refractivity (Wildman–Crippen MR) is 109 cm³/mol. The molecule has 0 atom stereocenters. The Labute approximate surface area is 169 Å². The minimum absolute atomic E-state index is 0.143. The number of aliphatic imine (C=N–C) groups is 1. The third-order valence-corrected chi connectivity index (χ3v) is 5.04. The van der Waals surface area contributed by atoms with Gasteiger partial charge in [0.15, 0.2) is 11.8 Å². The second-order valence-electron chi connectivity index (χ2n) is 5.75. The summed E-state index contributed by atoms with van der Waals surface area (Å²) in [5.41, 5.74) is 1.24. The number of amides is 1. The molecule has 0 saturated heterocycles. The molecule has 0 aromatic heterocycles. The highest BCUT2D eigenvalue weighted by Gasteiger charge is 2.25. The van der Waals surface area contributed by atoms with Crippen molar-refractivity contribution < 1.29 is 24.5 Å². The molecule has 7 nitrogen and oxygen atoms in total. The van der Waals surface area contributed by atoms with Crippen LogP contribution in [0.2, 0.25) is 5.02 Å². The maximum Gasteiger partial charge on any atom is 0.341 e. The summed E-state index contributed by atoms with van der Waals surface area (Å²) in [5, 5.41) is 19.1.